The normalized spacial score (nSPS) is 12.4. The van der Waals surface area contributed by atoms with Crippen molar-refractivity contribution < 1.29 is 4.39 Å². The maximum atomic E-state index is 13.8. The minimum absolute atomic E-state index is 0.190. The van der Waals surface area contributed by atoms with Crippen LogP contribution in [0.15, 0.2) is 36.7 Å². The summed E-state index contributed by atoms with van der Waals surface area (Å²) in [5, 5.41) is 0.385. The molecule has 2 rings (SSSR count). The Kier molecular flexibility index (Phi) is 4.47. The number of rotatable bonds is 4. The molecule has 100 valence electrons. The van der Waals surface area contributed by atoms with Crippen molar-refractivity contribution in [2.45, 2.75) is 19.4 Å². The Labute approximate surface area is 116 Å². The summed E-state index contributed by atoms with van der Waals surface area (Å²) >= 11 is 5.74. The second-order valence-corrected chi connectivity index (χ2v) is 4.83. The van der Waals surface area contributed by atoms with Gasteiger partial charge in [-0.2, -0.15) is 0 Å². The number of hydrazine groups is 1. The van der Waals surface area contributed by atoms with E-state index in [0.29, 0.717) is 17.0 Å². The number of aromatic nitrogens is 1. The summed E-state index contributed by atoms with van der Waals surface area (Å²) in [5.74, 6) is 5.25. The number of benzene rings is 1. The molecule has 0 aliphatic carbocycles. The highest BCUT2D eigenvalue weighted by molar-refractivity contribution is 6.30. The molecule has 0 bridgehead atoms. The molecule has 2 aromatic rings. The third-order valence-corrected chi connectivity index (χ3v) is 3.33. The van der Waals surface area contributed by atoms with Gasteiger partial charge in [-0.05, 0) is 48.2 Å². The fraction of sp³-hybridized carbons (Fsp3) is 0.214. The maximum absolute atomic E-state index is 13.8. The van der Waals surface area contributed by atoms with E-state index in [4.69, 9.17) is 17.4 Å². The van der Waals surface area contributed by atoms with Crippen LogP contribution in [0.3, 0.4) is 0 Å². The van der Waals surface area contributed by atoms with E-state index >= 15 is 0 Å². The lowest BCUT2D eigenvalue weighted by atomic mass is 9.97. The molecule has 1 atom stereocenters. The quantitative estimate of drug-likeness (QED) is 0.668. The third kappa shape index (κ3) is 3.29. The second kappa shape index (κ2) is 6.10. The molecule has 0 amide bonds. The lowest BCUT2D eigenvalue weighted by Gasteiger charge is -2.18. The number of halogens is 2. The zero-order valence-electron chi connectivity index (χ0n) is 10.5. The van der Waals surface area contributed by atoms with E-state index in [2.05, 4.69) is 10.4 Å². The summed E-state index contributed by atoms with van der Waals surface area (Å²) in [6.07, 6.45) is 3.90. The van der Waals surface area contributed by atoms with Crippen molar-refractivity contribution in [1.82, 2.24) is 10.4 Å². The average Bonchev–Trinajstić information content (AvgIpc) is 2.39. The highest BCUT2D eigenvalue weighted by Crippen LogP contribution is 2.23. The van der Waals surface area contributed by atoms with E-state index in [1.165, 1.54) is 6.07 Å². The van der Waals surface area contributed by atoms with Crippen molar-refractivity contribution in [2.24, 2.45) is 5.84 Å². The van der Waals surface area contributed by atoms with Crippen LogP contribution in [0.4, 0.5) is 4.39 Å². The molecule has 0 spiro atoms. The number of hydrogen-bond acceptors (Lipinski definition) is 3. The van der Waals surface area contributed by atoms with Gasteiger partial charge in [0.05, 0.1) is 6.04 Å². The van der Waals surface area contributed by atoms with Crippen LogP contribution < -0.4 is 11.3 Å². The van der Waals surface area contributed by atoms with Gasteiger partial charge < -0.3 is 0 Å². The van der Waals surface area contributed by atoms with E-state index in [0.717, 1.165) is 11.1 Å². The van der Waals surface area contributed by atoms with Crippen LogP contribution in [0, 0.1) is 12.7 Å². The zero-order valence-corrected chi connectivity index (χ0v) is 11.3. The highest BCUT2D eigenvalue weighted by atomic mass is 35.5. The van der Waals surface area contributed by atoms with E-state index in [9.17, 15) is 4.39 Å². The third-order valence-electron chi connectivity index (χ3n) is 3.10. The van der Waals surface area contributed by atoms with Gasteiger partial charge in [-0.3, -0.25) is 16.3 Å². The molecule has 0 aliphatic heterocycles. The number of pyridine rings is 1. The van der Waals surface area contributed by atoms with Gasteiger partial charge in [0, 0.05) is 17.4 Å². The predicted molar refractivity (Wildman–Crippen MR) is 74.2 cm³/mol. The summed E-state index contributed by atoms with van der Waals surface area (Å²) in [7, 11) is 0. The summed E-state index contributed by atoms with van der Waals surface area (Å²) in [4.78, 5) is 4.08. The zero-order chi connectivity index (χ0) is 13.8. The smallest absolute Gasteiger partial charge is 0.127 e. The minimum atomic E-state index is -0.325. The number of hydrogen-bond donors (Lipinski definition) is 2. The number of aryl methyl sites for hydroxylation is 1. The van der Waals surface area contributed by atoms with E-state index < -0.39 is 0 Å². The summed E-state index contributed by atoms with van der Waals surface area (Å²) < 4.78 is 13.8. The fourth-order valence-electron chi connectivity index (χ4n) is 2.01. The lowest BCUT2D eigenvalue weighted by Crippen LogP contribution is -2.30. The Hall–Kier alpha value is -1.49. The van der Waals surface area contributed by atoms with Crippen molar-refractivity contribution in [2.75, 3.05) is 0 Å². The molecular weight excluding hydrogens is 265 g/mol. The van der Waals surface area contributed by atoms with Crippen molar-refractivity contribution in [3.05, 3.63) is 64.2 Å². The van der Waals surface area contributed by atoms with E-state index in [1.807, 2.05) is 13.0 Å². The molecule has 1 heterocycles. The molecular formula is C14H15ClFN3. The average molecular weight is 280 g/mol. The van der Waals surface area contributed by atoms with Crippen molar-refractivity contribution in [3.8, 4) is 0 Å². The first-order valence-electron chi connectivity index (χ1n) is 5.92. The standard InChI is InChI=1S/C14H15ClFN3/c1-9-4-5-18-8-12(9)14(19-17)6-10-2-3-11(15)7-13(10)16/h2-5,7-8,14,19H,6,17H2,1H3. The first kappa shape index (κ1) is 13.9. The molecule has 3 nitrogen and oxygen atoms in total. The Bertz CT molecular complexity index is 574. The monoisotopic (exact) mass is 279 g/mol. The first-order valence-corrected chi connectivity index (χ1v) is 6.30. The van der Waals surface area contributed by atoms with Gasteiger partial charge in [-0.1, -0.05) is 17.7 Å². The minimum Gasteiger partial charge on any atom is -0.271 e. The molecule has 0 saturated heterocycles. The topological polar surface area (TPSA) is 50.9 Å². The Balaban J connectivity index is 2.27. The predicted octanol–water partition coefficient (Wildman–Crippen LogP) is 2.93. The molecule has 19 heavy (non-hydrogen) atoms. The summed E-state index contributed by atoms with van der Waals surface area (Å²) in [5.41, 5.74) is 5.30. The van der Waals surface area contributed by atoms with Gasteiger partial charge in [0.2, 0.25) is 0 Å². The molecule has 5 heteroatoms. The number of nitrogens with two attached hydrogens (primary N) is 1. The van der Waals surface area contributed by atoms with Gasteiger partial charge in [-0.15, -0.1) is 0 Å². The Morgan fingerprint density at radius 1 is 1.42 bits per heavy atom. The van der Waals surface area contributed by atoms with Crippen molar-refractivity contribution >= 4 is 11.6 Å². The first-order chi connectivity index (χ1) is 9.11. The van der Waals surface area contributed by atoms with Crippen LogP contribution in [0.5, 0.6) is 0 Å². The van der Waals surface area contributed by atoms with E-state index in [-0.39, 0.29) is 11.9 Å². The Morgan fingerprint density at radius 3 is 2.84 bits per heavy atom. The maximum Gasteiger partial charge on any atom is 0.127 e. The van der Waals surface area contributed by atoms with Gasteiger partial charge >= 0.3 is 0 Å². The van der Waals surface area contributed by atoms with Crippen LogP contribution in [-0.2, 0) is 6.42 Å². The van der Waals surface area contributed by atoms with Gasteiger partial charge in [-0.25, -0.2) is 4.39 Å². The van der Waals surface area contributed by atoms with Crippen molar-refractivity contribution in [3.63, 3.8) is 0 Å². The van der Waals surface area contributed by atoms with Crippen molar-refractivity contribution in [1.29, 1.82) is 0 Å². The fourth-order valence-corrected chi connectivity index (χ4v) is 2.17. The molecule has 0 radical (unpaired) electrons. The Morgan fingerprint density at radius 2 is 2.21 bits per heavy atom. The molecule has 0 aliphatic rings. The second-order valence-electron chi connectivity index (χ2n) is 4.39. The lowest BCUT2D eigenvalue weighted by molar-refractivity contribution is 0.526. The van der Waals surface area contributed by atoms with Crippen LogP contribution in [0.2, 0.25) is 5.02 Å². The summed E-state index contributed by atoms with van der Waals surface area (Å²) in [6.45, 7) is 1.97. The molecule has 1 unspecified atom stereocenters. The van der Waals surface area contributed by atoms with Gasteiger partial charge in [0.1, 0.15) is 5.82 Å². The largest absolute Gasteiger partial charge is 0.271 e. The van der Waals surface area contributed by atoms with Gasteiger partial charge in [0.25, 0.3) is 0 Å². The van der Waals surface area contributed by atoms with Crippen LogP contribution in [0.1, 0.15) is 22.7 Å². The highest BCUT2D eigenvalue weighted by Gasteiger charge is 2.15. The number of nitrogens with zero attached hydrogens (tertiary/aromatic N) is 1. The molecule has 1 aromatic heterocycles. The summed E-state index contributed by atoms with van der Waals surface area (Å²) in [6, 6.07) is 6.36. The molecule has 0 saturated carbocycles. The van der Waals surface area contributed by atoms with Crippen LogP contribution in [0.25, 0.3) is 0 Å². The molecule has 3 N–H and O–H groups in total. The van der Waals surface area contributed by atoms with E-state index in [1.54, 1.807) is 24.5 Å². The van der Waals surface area contributed by atoms with Crippen LogP contribution >= 0.6 is 11.6 Å². The SMILES string of the molecule is Cc1ccncc1C(Cc1ccc(Cl)cc1F)NN. The van der Waals surface area contributed by atoms with Gasteiger partial charge in [0.15, 0.2) is 0 Å². The molecule has 1 aromatic carbocycles. The molecule has 0 fully saturated rings. The van der Waals surface area contributed by atoms with Crippen LogP contribution in [-0.4, -0.2) is 4.98 Å². The number of nitrogens with one attached hydrogen (secondary N) is 1.